The molecule has 0 amide bonds. The summed E-state index contributed by atoms with van der Waals surface area (Å²) in [5.74, 6) is 5.14. The average Bonchev–Trinajstić information content (AvgIpc) is 2.04. The Balaban J connectivity index is 0.000000310. The van der Waals surface area contributed by atoms with Crippen LogP contribution in [0, 0.1) is 0 Å². The predicted octanol–water partition coefficient (Wildman–Crippen LogP) is -1.41. The van der Waals surface area contributed by atoms with Gasteiger partial charge in [-0.05, 0) is 12.1 Å². The number of nitrogens with two attached hydrogens (primary N) is 1. The third-order valence-corrected chi connectivity index (χ3v) is 0.992. The molecule has 0 saturated heterocycles. The smallest absolute Gasteiger partial charge is 0.504 e. The van der Waals surface area contributed by atoms with Gasteiger partial charge in [0.1, 0.15) is 0 Å². The van der Waals surface area contributed by atoms with Gasteiger partial charge in [0.2, 0.25) is 0 Å². The van der Waals surface area contributed by atoms with E-state index in [1.54, 1.807) is 18.2 Å². The van der Waals surface area contributed by atoms with Gasteiger partial charge in [-0.1, -0.05) is 12.1 Å². The Morgan fingerprint density at radius 3 is 1.92 bits per heavy atom. The lowest BCUT2D eigenvalue weighted by Crippen LogP contribution is -2.07. The molecule has 72 valence electrons. The molecule has 0 saturated carbocycles. The molecule has 0 unspecified atom stereocenters. The second-order valence-electron chi connectivity index (χ2n) is 1.93. The van der Waals surface area contributed by atoms with Crippen LogP contribution in [0.4, 0.5) is 0 Å². The van der Waals surface area contributed by atoms with Crippen molar-refractivity contribution in [3.63, 3.8) is 0 Å². The molecule has 0 heterocycles. The van der Waals surface area contributed by atoms with E-state index in [1.165, 1.54) is 6.07 Å². The lowest BCUT2D eigenvalue weighted by Gasteiger charge is -1.98. The molecular weight excluding hydrogens is 177 g/mol. The summed E-state index contributed by atoms with van der Waals surface area (Å²) in [6, 6.07) is 6.50. The molecule has 0 atom stereocenters. The first-order chi connectivity index (χ1) is 6.07. The van der Waals surface area contributed by atoms with Gasteiger partial charge in [0.25, 0.3) is 0 Å². The van der Waals surface area contributed by atoms with Crippen molar-refractivity contribution in [1.29, 1.82) is 0 Å². The van der Waals surface area contributed by atoms with Crippen LogP contribution in [0.15, 0.2) is 24.3 Å². The minimum absolute atomic E-state index is 0.0556. The van der Waals surface area contributed by atoms with E-state index in [4.69, 9.17) is 26.1 Å². The molecule has 0 aliphatic rings. The van der Waals surface area contributed by atoms with Gasteiger partial charge in [0.15, 0.2) is 11.5 Å². The van der Waals surface area contributed by atoms with Gasteiger partial charge in [-0.25, -0.2) is 0 Å². The van der Waals surface area contributed by atoms with Crippen LogP contribution in [0.25, 0.3) is 0 Å². The van der Waals surface area contributed by atoms with E-state index < -0.39 is 7.32 Å². The molecule has 0 radical (unpaired) electrons. The summed E-state index contributed by atoms with van der Waals surface area (Å²) in [5.41, 5.74) is 0. The van der Waals surface area contributed by atoms with Crippen molar-refractivity contribution < 1.29 is 25.0 Å². The van der Waals surface area contributed by atoms with E-state index in [2.05, 4.69) is 4.84 Å². The summed E-state index contributed by atoms with van der Waals surface area (Å²) in [6.45, 7) is 0. The van der Waals surface area contributed by atoms with Crippen LogP contribution in [-0.2, 0) is 0 Å². The average molecular weight is 187 g/mol. The van der Waals surface area contributed by atoms with Crippen molar-refractivity contribution in [3.05, 3.63) is 24.3 Å². The molecule has 0 aliphatic heterocycles. The molecule has 0 bridgehead atoms. The highest BCUT2D eigenvalue weighted by Crippen LogP contribution is 2.22. The number of hydrogen-bond acceptors (Lipinski definition) is 6. The van der Waals surface area contributed by atoms with E-state index in [-0.39, 0.29) is 11.5 Å². The minimum atomic E-state index is -2.17. The van der Waals surface area contributed by atoms with E-state index in [0.717, 1.165) is 0 Å². The van der Waals surface area contributed by atoms with Gasteiger partial charge in [0.05, 0.1) is 0 Å². The van der Waals surface area contributed by atoms with Crippen molar-refractivity contribution >= 4 is 7.32 Å². The molecule has 1 rings (SSSR count). The summed E-state index contributed by atoms with van der Waals surface area (Å²) in [7, 11) is -2.17. The molecule has 0 fully saturated rings. The molecule has 1 aromatic carbocycles. The highest BCUT2D eigenvalue weighted by Gasteiger charge is 1.95. The molecule has 1 aromatic rings. The normalized spacial score (nSPS) is 8.31. The van der Waals surface area contributed by atoms with Gasteiger partial charge in [-0.2, -0.15) is 5.90 Å². The fourth-order valence-electron chi connectivity index (χ4n) is 0.557. The van der Waals surface area contributed by atoms with Crippen molar-refractivity contribution in [2.45, 2.75) is 0 Å². The lowest BCUT2D eigenvalue weighted by atomic mass is 10.3. The number of rotatable bonds is 1. The summed E-state index contributed by atoms with van der Waals surface area (Å²) in [4.78, 5) is 4.29. The zero-order valence-corrected chi connectivity index (χ0v) is 6.66. The highest BCUT2D eigenvalue weighted by molar-refractivity contribution is 6.30. The largest absolute Gasteiger partial charge is 0.631 e. The fourth-order valence-corrected chi connectivity index (χ4v) is 0.557. The first-order valence-corrected chi connectivity index (χ1v) is 3.27. The quantitative estimate of drug-likeness (QED) is 0.272. The summed E-state index contributed by atoms with van der Waals surface area (Å²) < 4.78 is 0. The summed E-state index contributed by atoms with van der Waals surface area (Å²) >= 11 is 0. The Labute approximate surface area is 74.9 Å². The maximum absolute atomic E-state index is 8.91. The SMILES string of the molecule is NOc1ccccc1O.OB(O)O. The van der Waals surface area contributed by atoms with Gasteiger partial charge < -0.3 is 25.0 Å². The van der Waals surface area contributed by atoms with Crippen LogP contribution in [0.5, 0.6) is 11.5 Å². The van der Waals surface area contributed by atoms with Crippen LogP contribution in [0.3, 0.4) is 0 Å². The van der Waals surface area contributed by atoms with E-state index in [1.807, 2.05) is 0 Å². The Morgan fingerprint density at radius 2 is 1.62 bits per heavy atom. The second kappa shape index (κ2) is 6.26. The number of hydrogen-bond donors (Lipinski definition) is 5. The Hall–Kier alpha value is -1.28. The second-order valence-corrected chi connectivity index (χ2v) is 1.93. The van der Waals surface area contributed by atoms with E-state index in [0.29, 0.717) is 0 Å². The maximum atomic E-state index is 8.91. The summed E-state index contributed by atoms with van der Waals surface area (Å²) in [6.07, 6.45) is 0. The standard InChI is InChI=1S/C6H7NO2.BH3O3/c7-9-6-4-2-1-3-5(6)8;2-1(3)4/h1-4,8H,7H2;2-4H. The van der Waals surface area contributed by atoms with Crippen LogP contribution in [0.2, 0.25) is 0 Å². The third-order valence-electron chi connectivity index (χ3n) is 0.992. The Morgan fingerprint density at radius 1 is 1.15 bits per heavy atom. The van der Waals surface area contributed by atoms with Crippen molar-refractivity contribution in [1.82, 2.24) is 0 Å². The zero-order valence-electron chi connectivity index (χ0n) is 6.66. The van der Waals surface area contributed by atoms with Crippen LogP contribution in [0.1, 0.15) is 0 Å². The highest BCUT2D eigenvalue weighted by atomic mass is 16.6. The third kappa shape index (κ3) is 5.94. The molecule has 6 N–H and O–H groups in total. The van der Waals surface area contributed by atoms with Crippen LogP contribution < -0.4 is 10.7 Å². The van der Waals surface area contributed by atoms with Crippen molar-refractivity contribution in [2.75, 3.05) is 0 Å². The maximum Gasteiger partial charge on any atom is 0.631 e. The molecular formula is C6H10BNO5. The van der Waals surface area contributed by atoms with E-state index in [9.17, 15) is 0 Å². The number of phenolic OH excluding ortho intramolecular Hbond substituents is 1. The number of para-hydroxylation sites is 2. The van der Waals surface area contributed by atoms with Crippen molar-refractivity contribution in [2.24, 2.45) is 5.90 Å². The first-order valence-electron chi connectivity index (χ1n) is 3.27. The molecule has 13 heavy (non-hydrogen) atoms. The van der Waals surface area contributed by atoms with E-state index >= 15 is 0 Å². The summed E-state index contributed by atoms with van der Waals surface area (Å²) in [5, 5.41) is 30.4. The minimum Gasteiger partial charge on any atom is -0.504 e. The van der Waals surface area contributed by atoms with Crippen LogP contribution in [-0.4, -0.2) is 27.5 Å². The lowest BCUT2D eigenvalue weighted by molar-refractivity contribution is 0.278. The van der Waals surface area contributed by atoms with Gasteiger partial charge in [0, 0.05) is 0 Å². The van der Waals surface area contributed by atoms with Crippen molar-refractivity contribution in [3.8, 4) is 11.5 Å². The van der Waals surface area contributed by atoms with Crippen LogP contribution >= 0.6 is 0 Å². The molecule has 0 aliphatic carbocycles. The topological polar surface area (TPSA) is 116 Å². The zero-order chi connectivity index (χ0) is 10.3. The predicted molar refractivity (Wildman–Crippen MR) is 45.3 cm³/mol. The monoisotopic (exact) mass is 187 g/mol. The number of phenols is 1. The molecule has 6 nitrogen and oxygen atoms in total. The van der Waals surface area contributed by atoms with Gasteiger partial charge in [-0.3, -0.25) is 0 Å². The number of aromatic hydroxyl groups is 1. The Kier molecular flexibility index (Phi) is 5.65. The molecule has 7 heteroatoms. The fraction of sp³-hybridized carbons (Fsp3) is 0. The van der Waals surface area contributed by atoms with Gasteiger partial charge in [-0.15, -0.1) is 0 Å². The first kappa shape index (κ1) is 11.7. The number of benzene rings is 1. The molecule has 0 aromatic heterocycles. The molecule has 0 spiro atoms. The Bertz CT molecular complexity index is 241. The van der Waals surface area contributed by atoms with Gasteiger partial charge >= 0.3 is 7.32 Å².